The normalized spacial score (nSPS) is 10.6. The lowest BCUT2D eigenvalue weighted by Gasteiger charge is -2.10. The average molecular weight is 244 g/mol. The van der Waals surface area contributed by atoms with Crippen LogP contribution in [0.25, 0.3) is 10.9 Å². The number of hydrazine groups is 1. The molecule has 1 aromatic carbocycles. The van der Waals surface area contributed by atoms with E-state index >= 15 is 0 Å². The predicted octanol–water partition coefficient (Wildman–Crippen LogP) is 2.12. The molecule has 0 bridgehead atoms. The summed E-state index contributed by atoms with van der Waals surface area (Å²) in [5.74, 6) is 0.888. The highest BCUT2D eigenvalue weighted by molar-refractivity contribution is 5.89. The molecule has 2 aromatic rings. The molecule has 0 aliphatic carbocycles. The minimum atomic E-state index is -0.0484. The maximum absolute atomic E-state index is 11.5. The Morgan fingerprint density at radius 1 is 1.28 bits per heavy atom. The maximum atomic E-state index is 11.5. The largest absolute Gasteiger partial charge is 0.281 e. The number of hydrogen-bond acceptors (Lipinski definition) is 4. The quantitative estimate of drug-likeness (QED) is 0.808. The van der Waals surface area contributed by atoms with E-state index in [2.05, 4.69) is 20.8 Å². The van der Waals surface area contributed by atoms with Gasteiger partial charge in [-0.2, -0.15) is 0 Å². The van der Waals surface area contributed by atoms with Gasteiger partial charge in [0.15, 0.2) is 5.82 Å². The molecule has 1 aromatic heterocycles. The monoisotopic (exact) mass is 244 g/mol. The number of carbonyl (C=O) groups is 1. The Kier molecular flexibility index (Phi) is 3.72. The first-order valence-electron chi connectivity index (χ1n) is 5.91. The number of amides is 1. The molecule has 5 nitrogen and oxygen atoms in total. The van der Waals surface area contributed by atoms with Crippen LogP contribution in [0.5, 0.6) is 0 Å². The van der Waals surface area contributed by atoms with Crippen LogP contribution in [0.2, 0.25) is 0 Å². The fourth-order valence-electron chi connectivity index (χ4n) is 1.66. The molecule has 0 unspecified atom stereocenters. The maximum Gasteiger partial charge on any atom is 0.238 e. The van der Waals surface area contributed by atoms with Gasteiger partial charge >= 0.3 is 0 Å². The third kappa shape index (κ3) is 2.94. The van der Waals surface area contributed by atoms with E-state index in [0.29, 0.717) is 18.2 Å². The molecule has 2 N–H and O–H groups in total. The van der Waals surface area contributed by atoms with E-state index < -0.39 is 0 Å². The number of aromatic nitrogens is 2. The second-order valence-corrected chi connectivity index (χ2v) is 4.51. The van der Waals surface area contributed by atoms with Crippen LogP contribution in [-0.4, -0.2) is 15.9 Å². The molecule has 0 fully saturated rings. The van der Waals surface area contributed by atoms with Gasteiger partial charge in [-0.1, -0.05) is 26.0 Å². The summed E-state index contributed by atoms with van der Waals surface area (Å²) in [6.45, 7) is 4.00. The summed E-state index contributed by atoms with van der Waals surface area (Å²) in [4.78, 5) is 19.8. The van der Waals surface area contributed by atoms with E-state index in [1.54, 1.807) is 0 Å². The molecule has 1 amide bonds. The number of anilines is 1. The van der Waals surface area contributed by atoms with Crippen molar-refractivity contribution in [1.29, 1.82) is 0 Å². The highest BCUT2D eigenvalue weighted by Crippen LogP contribution is 2.17. The second-order valence-electron chi connectivity index (χ2n) is 4.51. The van der Waals surface area contributed by atoms with Crippen molar-refractivity contribution in [1.82, 2.24) is 15.4 Å². The molecule has 0 atom stereocenters. The lowest BCUT2D eigenvalue weighted by atomic mass is 10.1. The fourth-order valence-corrected chi connectivity index (χ4v) is 1.66. The van der Waals surface area contributed by atoms with Crippen molar-refractivity contribution < 1.29 is 4.79 Å². The van der Waals surface area contributed by atoms with Crippen LogP contribution in [0.3, 0.4) is 0 Å². The number of rotatable bonds is 4. The predicted molar refractivity (Wildman–Crippen MR) is 70.8 cm³/mol. The number of benzene rings is 1. The van der Waals surface area contributed by atoms with Gasteiger partial charge in [0.1, 0.15) is 6.33 Å². The standard InChI is InChI=1S/C13H16N4O/c1-9(2)7-12(18)16-17-13-10-5-3-4-6-11(10)14-8-15-13/h3-6,8-9H,7H2,1-2H3,(H,16,18)(H,14,15,17). The van der Waals surface area contributed by atoms with Crippen molar-refractivity contribution in [3.05, 3.63) is 30.6 Å². The van der Waals surface area contributed by atoms with Crippen molar-refractivity contribution >= 4 is 22.6 Å². The molecule has 0 spiro atoms. The summed E-state index contributed by atoms with van der Waals surface area (Å²) in [5.41, 5.74) is 6.33. The van der Waals surface area contributed by atoms with E-state index in [0.717, 1.165) is 10.9 Å². The highest BCUT2D eigenvalue weighted by Gasteiger charge is 2.06. The van der Waals surface area contributed by atoms with Gasteiger partial charge in [0.05, 0.1) is 5.52 Å². The van der Waals surface area contributed by atoms with Crippen LogP contribution in [0, 0.1) is 5.92 Å². The summed E-state index contributed by atoms with van der Waals surface area (Å²) in [7, 11) is 0. The molecular weight excluding hydrogens is 228 g/mol. The summed E-state index contributed by atoms with van der Waals surface area (Å²) in [6.07, 6.45) is 1.95. The third-order valence-corrected chi connectivity index (χ3v) is 2.46. The van der Waals surface area contributed by atoms with Crippen LogP contribution in [-0.2, 0) is 4.79 Å². The van der Waals surface area contributed by atoms with Gasteiger partial charge in [0.25, 0.3) is 0 Å². The van der Waals surface area contributed by atoms with Gasteiger partial charge in [-0.25, -0.2) is 9.97 Å². The van der Waals surface area contributed by atoms with Gasteiger partial charge in [-0.15, -0.1) is 0 Å². The average Bonchev–Trinajstić information content (AvgIpc) is 2.35. The molecule has 0 aliphatic rings. The molecule has 0 saturated heterocycles. The van der Waals surface area contributed by atoms with Crippen molar-refractivity contribution in [2.24, 2.45) is 5.92 Å². The minimum Gasteiger partial charge on any atom is -0.281 e. The van der Waals surface area contributed by atoms with Crippen LogP contribution in [0.4, 0.5) is 5.82 Å². The summed E-state index contributed by atoms with van der Waals surface area (Å²) in [6, 6.07) is 7.63. The zero-order valence-electron chi connectivity index (χ0n) is 10.5. The SMILES string of the molecule is CC(C)CC(=O)NNc1ncnc2ccccc12. The molecule has 0 aliphatic heterocycles. The van der Waals surface area contributed by atoms with Crippen molar-refractivity contribution in [3.63, 3.8) is 0 Å². The molecule has 18 heavy (non-hydrogen) atoms. The zero-order valence-corrected chi connectivity index (χ0v) is 10.5. The van der Waals surface area contributed by atoms with Crippen molar-refractivity contribution in [2.75, 3.05) is 5.43 Å². The Bertz CT molecular complexity index is 548. The van der Waals surface area contributed by atoms with E-state index in [1.807, 2.05) is 38.1 Å². The number of fused-ring (bicyclic) bond motifs is 1. The Morgan fingerprint density at radius 2 is 2.06 bits per heavy atom. The smallest absolute Gasteiger partial charge is 0.238 e. The first-order valence-corrected chi connectivity index (χ1v) is 5.91. The first kappa shape index (κ1) is 12.3. The summed E-state index contributed by atoms with van der Waals surface area (Å²) in [5, 5.41) is 0.879. The number of nitrogens with one attached hydrogen (secondary N) is 2. The summed E-state index contributed by atoms with van der Waals surface area (Å²) >= 11 is 0. The minimum absolute atomic E-state index is 0.0484. The van der Waals surface area contributed by atoms with Crippen molar-refractivity contribution in [2.45, 2.75) is 20.3 Å². The lowest BCUT2D eigenvalue weighted by molar-refractivity contribution is -0.121. The van der Waals surface area contributed by atoms with Crippen LogP contribution < -0.4 is 10.9 Å². The molecular formula is C13H16N4O. The van der Waals surface area contributed by atoms with Gasteiger partial charge in [0, 0.05) is 11.8 Å². The van der Waals surface area contributed by atoms with Gasteiger partial charge < -0.3 is 0 Å². The highest BCUT2D eigenvalue weighted by atomic mass is 16.2. The van der Waals surface area contributed by atoms with Crippen LogP contribution >= 0.6 is 0 Å². The number of nitrogens with zero attached hydrogens (tertiary/aromatic N) is 2. The Morgan fingerprint density at radius 3 is 2.83 bits per heavy atom. The lowest BCUT2D eigenvalue weighted by Crippen LogP contribution is -2.30. The van der Waals surface area contributed by atoms with Gasteiger partial charge in [-0.3, -0.25) is 15.6 Å². The number of para-hydroxylation sites is 1. The van der Waals surface area contributed by atoms with Crippen LogP contribution in [0.15, 0.2) is 30.6 Å². The Hall–Kier alpha value is -2.17. The number of carbonyl (C=O) groups excluding carboxylic acids is 1. The molecule has 94 valence electrons. The van der Waals surface area contributed by atoms with Crippen LogP contribution in [0.1, 0.15) is 20.3 Å². The fraction of sp³-hybridized carbons (Fsp3) is 0.308. The van der Waals surface area contributed by atoms with E-state index in [-0.39, 0.29) is 5.91 Å². The van der Waals surface area contributed by atoms with Gasteiger partial charge in [0.2, 0.25) is 5.91 Å². The van der Waals surface area contributed by atoms with E-state index in [4.69, 9.17) is 0 Å². The van der Waals surface area contributed by atoms with E-state index in [9.17, 15) is 4.79 Å². The molecule has 5 heteroatoms. The second kappa shape index (κ2) is 5.44. The molecule has 2 rings (SSSR count). The Labute approximate surface area is 106 Å². The third-order valence-electron chi connectivity index (χ3n) is 2.46. The van der Waals surface area contributed by atoms with E-state index in [1.165, 1.54) is 6.33 Å². The summed E-state index contributed by atoms with van der Waals surface area (Å²) < 4.78 is 0. The Balaban J connectivity index is 2.10. The number of hydrogen-bond donors (Lipinski definition) is 2. The van der Waals surface area contributed by atoms with Crippen molar-refractivity contribution in [3.8, 4) is 0 Å². The zero-order chi connectivity index (χ0) is 13.0. The molecule has 1 heterocycles. The first-order chi connectivity index (χ1) is 8.66. The molecule has 0 radical (unpaired) electrons. The topological polar surface area (TPSA) is 66.9 Å². The molecule has 0 saturated carbocycles. The van der Waals surface area contributed by atoms with Gasteiger partial charge in [-0.05, 0) is 18.1 Å².